The molecule has 1 unspecified atom stereocenters. The van der Waals surface area contributed by atoms with E-state index < -0.39 is 0 Å². The highest BCUT2D eigenvalue weighted by Crippen LogP contribution is 2.17. The molecular formula is C14H16ClN3OS. The third-order valence-electron chi connectivity index (χ3n) is 2.79. The summed E-state index contributed by atoms with van der Waals surface area (Å²) in [5, 5.41) is 10.3. The molecule has 0 radical (unpaired) electrons. The van der Waals surface area contributed by atoms with Crippen molar-refractivity contribution >= 4 is 29.3 Å². The quantitative estimate of drug-likeness (QED) is 0.861. The van der Waals surface area contributed by atoms with Crippen molar-refractivity contribution in [2.45, 2.75) is 18.7 Å². The number of halogens is 1. The van der Waals surface area contributed by atoms with Crippen LogP contribution >= 0.6 is 23.4 Å². The van der Waals surface area contributed by atoms with Crippen LogP contribution < -0.4 is 5.32 Å². The molecule has 0 fully saturated rings. The van der Waals surface area contributed by atoms with E-state index in [0.717, 1.165) is 21.9 Å². The Morgan fingerprint density at radius 1 is 1.55 bits per heavy atom. The highest BCUT2D eigenvalue weighted by Gasteiger charge is 2.10. The van der Waals surface area contributed by atoms with Gasteiger partial charge in [0.2, 0.25) is 5.91 Å². The molecule has 2 N–H and O–H groups in total. The normalized spacial score (nSPS) is 12.1. The molecule has 1 aromatic carbocycles. The SMILES string of the molecule is CC(NC(=O)CSCc1cccc(Cl)c1)c1cn[nH]c1. The molecule has 0 saturated carbocycles. The molecule has 0 bridgehead atoms. The minimum Gasteiger partial charge on any atom is -0.349 e. The number of benzene rings is 1. The zero-order valence-electron chi connectivity index (χ0n) is 11.1. The number of thioether (sulfide) groups is 1. The number of hydrogen-bond acceptors (Lipinski definition) is 3. The molecule has 4 nitrogen and oxygen atoms in total. The Bertz CT molecular complexity index is 559. The Labute approximate surface area is 127 Å². The van der Waals surface area contributed by atoms with Crippen LogP contribution in [0.2, 0.25) is 5.02 Å². The molecule has 20 heavy (non-hydrogen) atoms. The predicted octanol–water partition coefficient (Wildman–Crippen LogP) is 3.17. The zero-order chi connectivity index (χ0) is 14.4. The van der Waals surface area contributed by atoms with E-state index in [1.54, 1.807) is 24.2 Å². The van der Waals surface area contributed by atoms with Crippen LogP contribution in [0.25, 0.3) is 0 Å². The lowest BCUT2D eigenvalue weighted by molar-refractivity contribution is -0.119. The van der Waals surface area contributed by atoms with Crippen LogP contribution in [0.15, 0.2) is 36.7 Å². The maximum absolute atomic E-state index is 11.8. The Hall–Kier alpha value is -1.46. The molecule has 1 amide bonds. The molecular weight excluding hydrogens is 294 g/mol. The van der Waals surface area contributed by atoms with Gasteiger partial charge in [0.1, 0.15) is 0 Å². The number of aromatic nitrogens is 2. The number of amides is 1. The number of carbonyl (C=O) groups is 1. The zero-order valence-corrected chi connectivity index (χ0v) is 12.7. The second kappa shape index (κ2) is 7.36. The van der Waals surface area contributed by atoms with E-state index in [9.17, 15) is 4.79 Å². The first-order chi connectivity index (χ1) is 9.65. The number of H-pyrrole nitrogens is 1. The van der Waals surface area contributed by atoms with Gasteiger partial charge in [0, 0.05) is 22.5 Å². The minimum absolute atomic E-state index is 0.0192. The monoisotopic (exact) mass is 309 g/mol. The number of hydrogen-bond donors (Lipinski definition) is 2. The summed E-state index contributed by atoms with van der Waals surface area (Å²) in [4.78, 5) is 11.8. The van der Waals surface area contributed by atoms with Gasteiger partial charge in [0.25, 0.3) is 0 Å². The molecule has 0 aliphatic carbocycles. The number of carbonyl (C=O) groups excluding carboxylic acids is 1. The lowest BCUT2D eigenvalue weighted by Gasteiger charge is -2.11. The van der Waals surface area contributed by atoms with Crippen LogP contribution in [0.3, 0.4) is 0 Å². The summed E-state index contributed by atoms with van der Waals surface area (Å²) in [5.74, 6) is 1.22. The van der Waals surface area contributed by atoms with Crippen molar-refractivity contribution in [3.05, 3.63) is 52.8 Å². The molecule has 1 atom stereocenters. The largest absolute Gasteiger partial charge is 0.349 e. The fourth-order valence-corrected chi connectivity index (χ4v) is 2.75. The van der Waals surface area contributed by atoms with Gasteiger partial charge in [0.05, 0.1) is 18.0 Å². The van der Waals surface area contributed by atoms with E-state index in [-0.39, 0.29) is 11.9 Å². The van der Waals surface area contributed by atoms with Crippen molar-refractivity contribution in [1.29, 1.82) is 0 Å². The van der Waals surface area contributed by atoms with Gasteiger partial charge in [-0.15, -0.1) is 11.8 Å². The number of rotatable bonds is 6. The molecule has 0 saturated heterocycles. The molecule has 0 aliphatic rings. The number of nitrogens with zero attached hydrogens (tertiary/aromatic N) is 1. The Balaban J connectivity index is 1.73. The standard InChI is InChI=1S/C14H16ClN3OS/c1-10(12-6-16-17-7-12)18-14(19)9-20-8-11-3-2-4-13(15)5-11/h2-7,10H,8-9H2,1H3,(H,16,17)(H,18,19). The summed E-state index contributed by atoms with van der Waals surface area (Å²) in [6.45, 7) is 1.93. The highest BCUT2D eigenvalue weighted by molar-refractivity contribution is 7.99. The van der Waals surface area contributed by atoms with E-state index in [1.165, 1.54) is 0 Å². The topological polar surface area (TPSA) is 57.8 Å². The van der Waals surface area contributed by atoms with Gasteiger partial charge in [-0.2, -0.15) is 5.10 Å². The van der Waals surface area contributed by atoms with E-state index >= 15 is 0 Å². The third kappa shape index (κ3) is 4.58. The summed E-state index contributed by atoms with van der Waals surface area (Å²) in [6.07, 6.45) is 3.49. The maximum atomic E-state index is 11.8. The molecule has 0 aliphatic heterocycles. The summed E-state index contributed by atoms with van der Waals surface area (Å²) < 4.78 is 0. The van der Waals surface area contributed by atoms with Crippen molar-refractivity contribution in [2.75, 3.05) is 5.75 Å². The second-order valence-corrected chi connectivity index (χ2v) is 5.87. The Morgan fingerprint density at radius 3 is 3.10 bits per heavy atom. The Morgan fingerprint density at radius 2 is 2.40 bits per heavy atom. The van der Waals surface area contributed by atoms with Gasteiger partial charge >= 0.3 is 0 Å². The van der Waals surface area contributed by atoms with Gasteiger partial charge in [-0.3, -0.25) is 9.89 Å². The molecule has 6 heteroatoms. The van der Waals surface area contributed by atoms with E-state index in [4.69, 9.17) is 11.6 Å². The van der Waals surface area contributed by atoms with E-state index in [0.29, 0.717) is 5.75 Å². The summed E-state index contributed by atoms with van der Waals surface area (Å²) in [7, 11) is 0. The van der Waals surface area contributed by atoms with Gasteiger partial charge in [0.15, 0.2) is 0 Å². The van der Waals surface area contributed by atoms with Crippen molar-refractivity contribution in [3.63, 3.8) is 0 Å². The third-order valence-corrected chi connectivity index (χ3v) is 4.03. The number of aromatic amines is 1. The van der Waals surface area contributed by atoms with Crippen LogP contribution in [0, 0.1) is 0 Å². The van der Waals surface area contributed by atoms with Gasteiger partial charge in [-0.1, -0.05) is 23.7 Å². The van der Waals surface area contributed by atoms with Crippen molar-refractivity contribution < 1.29 is 4.79 Å². The molecule has 2 rings (SSSR count). The molecule has 2 aromatic rings. The van der Waals surface area contributed by atoms with Gasteiger partial charge in [-0.25, -0.2) is 0 Å². The first kappa shape index (κ1) is 14.9. The van der Waals surface area contributed by atoms with Crippen LogP contribution in [-0.2, 0) is 10.5 Å². The molecule has 1 heterocycles. The van der Waals surface area contributed by atoms with Crippen LogP contribution in [0.5, 0.6) is 0 Å². The van der Waals surface area contributed by atoms with Gasteiger partial charge < -0.3 is 5.32 Å². The number of nitrogens with one attached hydrogen (secondary N) is 2. The fraction of sp³-hybridized carbons (Fsp3) is 0.286. The van der Waals surface area contributed by atoms with Crippen molar-refractivity contribution in [2.24, 2.45) is 0 Å². The highest BCUT2D eigenvalue weighted by atomic mass is 35.5. The average molecular weight is 310 g/mol. The smallest absolute Gasteiger partial charge is 0.230 e. The second-order valence-electron chi connectivity index (χ2n) is 4.44. The molecule has 0 spiro atoms. The minimum atomic E-state index is -0.0342. The van der Waals surface area contributed by atoms with Gasteiger partial charge in [-0.05, 0) is 24.6 Å². The van der Waals surface area contributed by atoms with E-state index in [1.807, 2.05) is 31.2 Å². The molecule has 1 aromatic heterocycles. The molecule has 106 valence electrons. The van der Waals surface area contributed by atoms with E-state index in [2.05, 4.69) is 15.5 Å². The van der Waals surface area contributed by atoms with Crippen LogP contribution in [0.4, 0.5) is 0 Å². The van der Waals surface area contributed by atoms with Crippen LogP contribution in [-0.4, -0.2) is 21.9 Å². The van der Waals surface area contributed by atoms with Crippen LogP contribution in [0.1, 0.15) is 24.1 Å². The first-order valence-corrected chi connectivity index (χ1v) is 7.78. The maximum Gasteiger partial charge on any atom is 0.230 e. The lowest BCUT2D eigenvalue weighted by Crippen LogP contribution is -2.28. The summed E-state index contributed by atoms with van der Waals surface area (Å²) >= 11 is 7.48. The first-order valence-electron chi connectivity index (χ1n) is 6.25. The predicted molar refractivity (Wildman–Crippen MR) is 82.8 cm³/mol. The summed E-state index contributed by atoms with van der Waals surface area (Å²) in [5.41, 5.74) is 2.09. The van der Waals surface area contributed by atoms with Crippen molar-refractivity contribution in [3.8, 4) is 0 Å². The lowest BCUT2D eigenvalue weighted by atomic mass is 10.2. The van der Waals surface area contributed by atoms with Crippen molar-refractivity contribution in [1.82, 2.24) is 15.5 Å². The fourth-order valence-electron chi connectivity index (χ4n) is 1.75. The average Bonchev–Trinajstić information content (AvgIpc) is 2.92. The summed E-state index contributed by atoms with van der Waals surface area (Å²) in [6, 6.07) is 7.65. The Kier molecular flexibility index (Phi) is 5.49.